The van der Waals surface area contributed by atoms with Crippen molar-refractivity contribution in [2.24, 2.45) is 0 Å². The van der Waals surface area contributed by atoms with Gasteiger partial charge < -0.3 is 14.7 Å². The molecule has 0 aromatic heterocycles. The first-order valence-corrected chi connectivity index (χ1v) is 6.95. The lowest BCUT2D eigenvalue weighted by Gasteiger charge is -2.21. The Kier molecular flexibility index (Phi) is 5.11. The van der Waals surface area contributed by atoms with Gasteiger partial charge in [0, 0.05) is 32.4 Å². The van der Waals surface area contributed by atoms with E-state index in [-0.39, 0.29) is 12.0 Å². The van der Waals surface area contributed by atoms with Crippen LogP contribution in [0.4, 0.5) is 5.69 Å². The molecule has 1 aliphatic heterocycles. The molecule has 2 rings (SSSR count). The van der Waals surface area contributed by atoms with Crippen molar-refractivity contribution in [1.82, 2.24) is 4.90 Å². The first-order chi connectivity index (χ1) is 9.61. The summed E-state index contributed by atoms with van der Waals surface area (Å²) in [6.07, 6.45) is -0.695. The Balaban J connectivity index is 1.89. The van der Waals surface area contributed by atoms with Crippen LogP contribution >= 0.6 is 0 Å². The third-order valence-electron chi connectivity index (χ3n) is 3.57. The number of nitrogens with zero attached hydrogens (tertiary/aromatic N) is 2. The minimum absolute atomic E-state index is 0.0144. The maximum absolute atomic E-state index is 12.2. The molecule has 5 nitrogen and oxygen atoms in total. The fraction of sp³-hybridized carbons (Fsp3) is 0.533. The average molecular weight is 278 g/mol. The zero-order chi connectivity index (χ0) is 14.5. The number of anilines is 1. The van der Waals surface area contributed by atoms with Crippen molar-refractivity contribution < 1.29 is 14.6 Å². The predicted octanol–water partition coefficient (Wildman–Crippen LogP) is 0.731. The van der Waals surface area contributed by atoms with Crippen LogP contribution in [0.15, 0.2) is 30.3 Å². The minimum atomic E-state index is -0.509. The largest absolute Gasteiger partial charge is 0.389 e. The molecule has 2 atom stereocenters. The highest BCUT2D eigenvalue weighted by Crippen LogP contribution is 2.15. The third-order valence-corrected chi connectivity index (χ3v) is 3.57. The number of likely N-dealkylation sites (N-methyl/N-ethyl adjacent to an activating group) is 1. The molecular weight excluding hydrogens is 256 g/mol. The number of hydrogen-bond donors (Lipinski definition) is 1. The average Bonchev–Trinajstić information content (AvgIpc) is 2.79. The smallest absolute Gasteiger partial charge is 0.240 e. The number of ether oxygens (including phenoxy) is 1. The SMILES string of the molecule is CCO[C@@H]1CN(CC(=O)N(C)c2ccccc2)C[C@H]1O. The number of carbonyl (C=O) groups is 1. The number of amides is 1. The van der Waals surface area contributed by atoms with Gasteiger partial charge >= 0.3 is 0 Å². The summed E-state index contributed by atoms with van der Waals surface area (Å²) in [5, 5.41) is 9.87. The minimum Gasteiger partial charge on any atom is -0.389 e. The van der Waals surface area contributed by atoms with Crippen LogP contribution < -0.4 is 4.90 Å². The van der Waals surface area contributed by atoms with Crippen molar-refractivity contribution >= 4 is 11.6 Å². The van der Waals surface area contributed by atoms with Gasteiger partial charge in [-0.25, -0.2) is 0 Å². The fourth-order valence-corrected chi connectivity index (χ4v) is 2.43. The summed E-state index contributed by atoms with van der Waals surface area (Å²) in [5.41, 5.74) is 0.874. The fourth-order valence-electron chi connectivity index (χ4n) is 2.43. The van der Waals surface area contributed by atoms with Gasteiger partial charge in [-0.15, -0.1) is 0 Å². The molecule has 20 heavy (non-hydrogen) atoms. The van der Waals surface area contributed by atoms with Crippen molar-refractivity contribution in [3.8, 4) is 0 Å². The summed E-state index contributed by atoms with van der Waals surface area (Å²) < 4.78 is 5.46. The molecule has 5 heteroatoms. The Morgan fingerprint density at radius 3 is 2.75 bits per heavy atom. The zero-order valence-electron chi connectivity index (χ0n) is 12.0. The summed E-state index contributed by atoms with van der Waals surface area (Å²) in [6, 6.07) is 9.54. The summed E-state index contributed by atoms with van der Waals surface area (Å²) in [6.45, 7) is 3.87. The van der Waals surface area contributed by atoms with Crippen LogP contribution in [0.1, 0.15) is 6.92 Å². The van der Waals surface area contributed by atoms with Gasteiger partial charge in [0.25, 0.3) is 0 Å². The van der Waals surface area contributed by atoms with Crippen LogP contribution in [0.3, 0.4) is 0 Å². The lowest BCUT2D eigenvalue weighted by atomic mass is 10.3. The lowest BCUT2D eigenvalue weighted by Crippen LogP contribution is -2.38. The monoisotopic (exact) mass is 278 g/mol. The van der Waals surface area contributed by atoms with E-state index >= 15 is 0 Å². The highest BCUT2D eigenvalue weighted by atomic mass is 16.5. The number of hydrogen-bond acceptors (Lipinski definition) is 4. The quantitative estimate of drug-likeness (QED) is 0.863. The van der Waals surface area contributed by atoms with Gasteiger partial charge in [0.1, 0.15) is 0 Å². The lowest BCUT2D eigenvalue weighted by molar-refractivity contribution is -0.119. The van der Waals surface area contributed by atoms with Gasteiger partial charge in [0.15, 0.2) is 0 Å². The topological polar surface area (TPSA) is 53.0 Å². The number of β-amino-alcohol motifs (C(OH)–C–C–N with tert-alkyl or cyclic N) is 1. The highest BCUT2D eigenvalue weighted by molar-refractivity contribution is 5.94. The second-order valence-electron chi connectivity index (χ2n) is 5.04. The highest BCUT2D eigenvalue weighted by Gasteiger charge is 2.33. The molecule has 1 amide bonds. The predicted molar refractivity (Wildman–Crippen MR) is 77.7 cm³/mol. The number of likely N-dealkylation sites (tertiary alicyclic amines) is 1. The van der Waals surface area contributed by atoms with Crippen molar-refractivity contribution in [2.75, 3.05) is 38.2 Å². The molecule has 0 radical (unpaired) electrons. The molecule has 1 aromatic rings. The maximum atomic E-state index is 12.2. The first-order valence-electron chi connectivity index (χ1n) is 6.95. The van der Waals surface area contributed by atoms with E-state index in [0.29, 0.717) is 26.2 Å². The Labute approximate surface area is 119 Å². The van der Waals surface area contributed by atoms with Crippen LogP contribution in [-0.4, -0.2) is 61.4 Å². The van der Waals surface area contributed by atoms with E-state index in [1.165, 1.54) is 0 Å². The van der Waals surface area contributed by atoms with Gasteiger partial charge in [-0.05, 0) is 19.1 Å². The van der Waals surface area contributed by atoms with Crippen LogP contribution in [0.5, 0.6) is 0 Å². The summed E-state index contributed by atoms with van der Waals surface area (Å²) in [4.78, 5) is 15.8. The molecule has 1 aromatic carbocycles. The number of benzene rings is 1. The molecule has 0 saturated carbocycles. The Hall–Kier alpha value is -1.43. The molecule has 1 N–H and O–H groups in total. The van der Waals surface area contributed by atoms with Crippen LogP contribution in [0, 0.1) is 0 Å². The Morgan fingerprint density at radius 1 is 1.40 bits per heavy atom. The molecule has 110 valence electrons. The molecular formula is C15H22N2O3. The van der Waals surface area contributed by atoms with Crippen molar-refractivity contribution in [1.29, 1.82) is 0 Å². The zero-order valence-corrected chi connectivity index (χ0v) is 12.0. The molecule has 0 spiro atoms. The van der Waals surface area contributed by atoms with Crippen molar-refractivity contribution in [3.05, 3.63) is 30.3 Å². The van der Waals surface area contributed by atoms with Gasteiger partial charge in [0.2, 0.25) is 5.91 Å². The molecule has 1 heterocycles. The molecule has 1 saturated heterocycles. The standard InChI is InChI=1S/C15H22N2O3/c1-3-20-14-10-17(9-13(14)18)11-15(19)16(2)12-7-5-4-6-8-12/h4-8,13-14,18H,3,9-11H2,1-2H3/t13-,14-/m1/s1. The third kappa shape index (κ3) is 3.56. The second kappa shape index (κ2) is 6.83. The van der Waals surface area contributed by atoms with Crippen LogP contribution in [-0.2, 0) is 9.53 Å². The van der Waals surface area contributed by atoms with E-state index in [1.807, 2.05) is 42.2 Å². The summed E-state index contributed by atoms with van der Waals surface area (Å²) in [5.74, 6) is 0.0144. The first kappa shape index (κ1) is 15.0. The molecule has 0 bridgehead atoms. The van der Waals surface area contributed by atoms with E-state index in [0.717, 1.165) is 5.69 Å². The van der Waals surface area contributed by atoms with E-state index in [4.69, 9.17) is 4.74 Å². The van der Waals surface area contributed by atoms with Crippen LogP contribution in [0.25, 0.3) is 0 Å². The number of aliphatic hydroxyl groups excluding tert-OH is 1. The van der Waals surface area contributed by atoms with Gasteiger partial charge in [0.05, 0.1) is 18.8 Å². The summed E-state index contributed by atoms with van der Waals surface area (Å²) in [7, 11) is 1.77. The van der Waals surface area contributed by atoms with Gasteiger partial charge in [-0.3, -0.25) is 9.69 Å². The number of carbonyl (C=O) groups excluding carboxylic acids is 1. The van der Waals surface area contributed by atoms with Crippen molar-refractivity contribution in [2.45, 2.75) is 19.1 Å². The number of aliphatic hydroxyl groups is 1. The normalized spacial score (nSPS) is 22.9. The second-order valence-corrected chi connectivity index (χ2v) is 5.04. The van der Waals surface area contributed by atoms with E-state index in [2.05, 4.69) is 0 Å². The summed E-state index contributed by atoms with van der Waals surface area (Å²) >= 11 is 0. The molecule has 1 fully saturated rings. The Morgan fingerprint density at radius 2 is 2.10 bits per heavy atom. The van der Waals surface area contributed by atoms with Crippen LogP contribution in [0.2, 0.25) is 0 Å². The number of para-hydroxylation sites is 1. The number of rotatable bonds is 5. The van der Waals surface area contributed by atoms with Gasteiger partial charge in [-0.1, -0.05) is 18.2 Å². The Bertz CT molecular complexity index is 438. The maximum Gasteiger partial charge on any atom is 0.240 e. The van der Waals surface area contributed by atoms with E-state index in [1.54, 1.807) is 11.9 Å². The molecule has 1 aliphatic rings. The molecule has 0 aliphatic carbocycles. The van der Waals surface area contributed by atoms with Crippen molar-refractivity contribution in [3.63, 3.8) is 0 Å². The van der Waals surface area contributed by atoms with Gasteiger partial charge in [-0.2, -0.15) is 0 Å². The van der Waals surface area contributed by atoms with E-state index < -0.39 is 6.10 Å². The van der Waals surface area contributed by atoms with E-state index in [9.17, 15) is 9.90 Å². The molecule has 0 unspecified atom stereocenters.